The van der Waals surface area contributed by atoms with Gasteiger partial charge >= 0.3 is 0 Å². The molecule has 18 heavy (non-hydrogen) atoms. The fraction of sp³-hybridized carbons (Fsp3) is 0.250. The molecule has 0 aliphatic heterocycles. The molecule has 0 bridgehead atoms. The van der Waals surface area contributed by atoms with Gasteiger partial charge in [0, 0.05) is 12.2 Å². The van der Waals surface area contributed by atoms with Crippen LogP contribution in [-0.4, -0.2) is 0 Å². The van der Waals surface area contributed by atoms with Crippen molar-refractivity contribution in [3.63, 3.8) is 0 Å². The van der Waals surface area contributed by atoms with Crippen molar-refractivity contribution in [2.75, 3.05) is 5.32 Å². The van der Waals surface area contributed by atoms with Crippen LogP contribution in [0.2, 0.25) is 0 Å². The Morgan fingerprint density at radius 2 is 1.72 bits per heavy atom. The number of rotatable bonds is 3. The van der Waals surface area contributed by atoms with Crippen molar-refractivity contribution in [1.82, 2.24) is 0 Å². The molecule has 2 heteroatoms. The molecule has 94 valence electrons. The summed E-state index contributed by atoms with van der Waals surface area (Å²) in [6.07, 6.45) is 0. The van der Waals surface area contributed by atoms with E-state index < -0.39 is 0 Å². The van der Waals surface area contributed by atoms with Crippen LogP contribution >= 0.6 is 0 Å². The van der Waals surface area contributed by atoms with Gasteiger partial charge in [-0.3, -0.25) is 0 Å². The Labute approximate surface area is 108 Å². The number of nitrogens with one attached hydrogen (secondary N) is 1. The molecule has 0 aromatic heterocycles. The molecule has 0 amide bonds. The van der Waals surface area contributed by atoms with Crippen molar-refractivity contribution in [3.8, 4) is 0 Å². The van der Waals surface area contributed by atoms with Gasteiger partial charge in [0.25, 0.3) is 0 Å². The molecule has 2 aromatic carbocycles. The van der Waals surface area contributed by atoms with Gasteiger partial charge in [0.05, 0.1) is 0 Å². The lowest BCUT2D eigenvalue weighted by Crippen LogP contribution is -2.02. The first-order valence-corrected chi connectivity index (χ1v) is 6.12. The zero-order chi connectivity index (χ0) is 13.1. The summed E-state index contributed by atoms with van der Waals surface area (Å²) in [6.45, 7) is 6.79. The molecule has 0 fully saturated rings. The summed E-state index contributed by atoms with van der Waals surface area (Å²) in [7, 11) is 0. The Kier molecular flexibility index (Phi) is 3.66. The largest absolute Gasteiger partial charge is 0.381 e. The summed E-state index contributed by atoms with van der Waals surface area (Å²) >= 11 is 0. The van der Waals surface area contributed by atoms with Crippen LogP contribution in [-0.2, 0) is 6.54 Å². The van der Waals surface area contributed by atoms with E-state index in [9.17, 15) is 4.39 Å². The number of anilines is 1. The van der Waals surface area contributed by atoms with Crippen LogP contribution in [0.3, 0.4) is 0 Å². The molecule has 0 saturated heterocycles. The topological polar surface area (TPSA) is 12.0 Å². The van der Waals surface area contributed by atoms with Gasteiger partial charge in [-0.15, -0.1) is 0 Å². The van der Waals surface area contributed by atoms with Crippen molar-refractivity contribution in [1.29, 1.82) is 0 Å². The second kappa shape index (κ2) is 5.21. The van der Waals surface area contributed by atoms with Crippen LogP contribution in [0.25, 0.3) is 0 Å². The first kappa shape index (κ1) is 12.6. The molecule has 1 nitrogen and oxygen atoms in total. The number of benzene rings is 2. The molecule has 0 atom stereocenters. The maximum atomic E-state index is 13.2. The van der Waals surface area contributed by atoms with E-state index in [-0.39, 0.29) is 5.82 Å². The van der Waals surface area contributed by atoms with Gasteiger partial charge in [-0.05, 0) is 55.7 Å². The minimum absolute atomic E-state index is 0.196. The third-order valence-electron chi connectivity index (χ3n) is 3.02. The third kappa shape index (κ3) is 3.10. The Morgan fingerprint density at radius 3 is 2.39 bits per heavy atom. The molecule has 1 N–H and O–H groups in total. The average Bonchev–Trinajstić information content (AvgIpc) is 2.26. The van der Waals surface area contributed by atoms with E-state index in [4.69, 9.17) is 0 Å². The van der Waals surface area contributed by atoms with Crippen LogP contribution in [0, 0.1) is 26.6 Å². The van der Waals surface area contributed by atoms with Gasteiger partial charge in [-0.1, -0.05) is 23.8 Å². The van der Waals surface area contributed by atoms with Gasteiger partial charge < -0.3 is 5.32 Å². The fourth-order valence-electron chi connectivity index (χ4n) is 2.08. The Hall–Kier alpha value is -1.83. The zero-order valence-corrected chi connectivity index (χ0v) is 11.0. The molecule has 0 aliphatic rings. The maximum absolute atomic E-state index is 13.2. The average molecular weight is 243 g/mol. The van der Waals surface area contributed by atoms with Crippen LogP contribution in [0.15, 0.2) is 36.4 Å². The van der Waals surface area contributed by atoms with Crippen LogP contribution in [0.1, 0.15) is 22.3 Å². The number of hydrogen-bond donors (Lipinski definition) is 1. The molecule has 2 aromatic rings. The molecule has 0 aliphatic carbocycles. The quantitative estimate of drug-likeness (QED) is 0.844. The first-order chi connectivity index (χ1) is 8.54. The van der Waals surface area contributed by atoms with Crippen LogP contribution < -0.4 is 5.32 Å². The molecule has 0 unspecified atom stereocenters. The minimum atomic E-state index is -0.196. The molecular formula is C16H18FN. The SMILES string of the molecule is Cc1cc(F)cc(NCc2ccc(C)cc2C)c1. The molecular weight excluding hydrogens is 225 g/mol. The standard InChI is InChI=1S/C16H18FN/c1-11-4-5-14(13(3)6-11)10-18-16-8-12(2)7-15(17)9-16/h4-9,18H,10H2,1-3H3. The van der Waals surface area contributed by atoms with E-state index in [1.807, 2.05) is 13.0 Å². The minimum Gasteiger partial charge on any atom is -0.381 e. The summed E-state index contributed by atoms with van der Waals surface area (Å²) in [5.74, 6) is -0.196. The zero-order valence-electron chi connectivity index (χ0n) is 11.0. The first-order valence-electron chi connectivity index (χ1n) is 6.12. The highest BCUT2D eigenvalue weighted by atomic mass is 19.1. The highest BCUT2D eigenvalue weighted by molar-refractivity contribution is 5.47. The van der Waals surface area contributed by atoms with Crippen molar-refractivity contribution in [2.45, 2.75) is 27.3 Å². The fourth-order valence-corrected chi connectivity index (χ4v) is 2.08. The van der Waals surface area contributed by atoms with E-state index in [1.54, 1.807) is 0 Å². The smallest absolute Gasteiger partial charge is 0.125 e. The Morgan fingerprint density at radius 1 is 0.944 bits per heavy atom. The number of aryl methyl sites for hydroxylation is 3. The van der Waals surface area contributed by atoms with Crippen molar-refractivity contribution < 1.29 is 4.39 Å². The van der Waals surface area contributed by atoms with E-state index in [2.05, 4.69) is 37.4 Å². The van der Waals surface area contributed by atoms with Crippen molar-refractivity contribution in [3.05, 3.63) is 64.5 Å². The summed E-state index contributed by atoms with van der Waals surface area (Å²) in [4.78, 5) is 0. The molecule has 0 heterocycles. The Bertz CT molecular complexity index is 541. The predicted octanol–water partition coefficient (Wildman–Crippen LogP) is 4.36. The number of halogens is 1. The summed E-state index contributed by atoms with van der Waals surface area (Å²) in [6, 6.07) is 11.4. The summed E-state index contributed by atoms with van der Waals surface area (Å²) in [5.41, 5.74) is 5.52. The molecule has 0 saturated carbocycles. The van der Waals surface area contributed by atoms with Crippen molar-refractivity contribution in [2.24, 2.45) is 0 Å². The monoisotopic (exact) mass is 243 g/mol. The van der Waals surface area contributed by atoms with Crippen LogP contribution in [0.4, 0.5) is 10.1 Å². The second-order valence-corrected chi connectivity index (χ2v) is 4.80. The lowest BCUT2D eigenvalue weighted by Gasteiger charge is -2.10. The number of hydrogen-bond acceptors (Lipinski definition) is 1. The van der Waals surface area contributed by atoms with Gasteiger partial charge in [-0.25, -0.2) is 4.39 Å². The maximum Gasteiger partial charge on any atom is 0.125 e. The highest BCUT2D eigenvalue weighted by Gasteiger charge is 2.01. The lowest BCUT2D eigenvalue weighted by molar-refractivity contribution is 0.627. The summed E-state index contributed by atoms with van der Waals surface area (Å²) < 4.78 is 13.2. The normalized spacial score (nSPS) is 10.4. The predicted molar refractivity (Wildman–Crippen MR) is 74.4 cm³/mol. The lowest BCUT2D eigenvalue weighted by atomic mass is 10.1. The van der Waals surface area contributed by atoms with E-state index in [1.165, 1.54) is 28.8 Å². The third-order valence-corrected chi connectivity index (χ3v) is 3.02. The van der Waals surface area contributed by atoms with E-state index in [0.29, 0.717) is 0 Å². The molecule has 0 radical (unpaired) electrons. The summed E-state index contributed by atoms with van der Waals surface area (Å²) in [5, 5.41) is 3.26. The molecule has 2 rings (SSSR count). The van der Waals surface area contributed by atoms with Gasteiger partial charge in [0.15, 0.2) is 0 Å². The van der Waals surface area contributed by atoms with E-state index in [0.717, 1.165) is 17.8 Å². The Balaban J connectivity index is 2.11. The highest BCUT2D eigenvalue weighted by Crippen LogP contribution is 2.16. The second-order valence-electron chi connectivity index (χ2n) is 4.80. The molecule has 0 spiro atoms. The van der Waals surface area contributed by atoms with E-state index >= 15 is 0 Å². The van der Waals surface area contributed by atoms with Crippen molar-refractivity contribution >= 4 is 5.69 Å². The van der Waals surface area contributed by atoms with Gasteiger partial charge in [0.2, 0.25) is 0 Å². The van der Waals surface area contributed by atoms with Crippen LogP contribution in [0.5, 0.6) is 0 Å². The van der Waals surface area contributed by atoms with Gasteiger partial charge in [0.1, 0.15) is 5.82 Å². The van der Waals surface area contributed by atoms with Gasteiger partial charge in [-0.2, -0.15) is 0 Å².